The van der Waals surface area contributed by atoms with Gasteiger partial charge in [0.05, 0.1) is 18.4 Å². The van der Waals surface area contributed by atoms with Crippen LogP contribution in [0.1, 0.15) is 25.0 Å². The van der Waals surface area contributed by atoms with Gasteiger partial charge in [-0.05, 0) is 43.5 Å². The standard InChI is InChI=1S/C25H26O3P2/c1-3-27-30(26,28-4-2)20-24-25(21-14-8-5-9-15-21,22-16-10-6-11-17-22)29(24)23-18-12-7-13-19-23/h5-20H,3-4H2,1-2H3/b24-20-. The van der Waals surface area contributed by atoms with E-state index in [9.17, 15) is 4.57 Å². The molecule has 3 aromatic rings. The van der Waals surface area contributed by atoms with E-state index in [4.69, 9.17) is 9.05 Å². The van der Waals surface area contributed by atoms with Crippen LogP contribution >= 0.6 is 15.5 Å². The summed E-state index contributed by atoms with van der Waals surface area (Å²) in [7, 11) is -4.10. The summed E-state index contributed by atoms with van der Waals surface area (Å²) in [5.41, 5.74) is 2.41. The molecular weight excluding hydrogens is 410 g/mol. The molecule has 1 heterocycles. The van der Waals surface area contributed by atoms with E-state index in [2.05, 4.69) is 72.8 Å². The third-order valence-electron chi connectivity index (χ3n) is 5.19. The fourth-order valence-corrected chi connectivity index (χ4v) is 9.41. The SMILES string of the molecule is CCOP(=O)(/C=C1\P(c2ccccc2)C1(c1ccccc1)c1ccccc1)OCC. The Morgan fingerprint density at radius 3 is 1.63 bits per heavy atom. The quantitative estimate of drug-likeness (QED) is 0.362. The Morgan fingerprint density at radius 1 is 0.767 bits per heavy atom. The molecule has 0 radical (unpaired) electrons. The Kier molecular flexibility index (Phi) is 6.37. The van der Waals surface area contributed by atoms with E-state index in [1.165, 1.54) is 16.4 Å². The summed E-state index contributed by atoms with van der Waals surface area (Å²) in [5, 5.41) is 2.06. The van der Waals surface area contributed by atoms with E-state index in [-0.39, 0.29) is 5.16 Å². The molecule has 30 heavy (non-hydrogen) atoms. The van der Waals surface area contributed by atoms with Gasteiger partial charge in [-0.1, -0.05) is 91.0 Å². The van der Waals surface area contributed by atoms with Crippen LogP contribution in [0.4, 0.5) is 0 Å². The normalized spacial score (nSPS) is 19.0. The molecule has 1 atom stereocenters. The molecule has 1 unspecified atom stereocenters. The zero-order chi connectivity index (χ0) is 21.0. The third-order valence-corrected chi connectivity index (χ3v) is 10.2. The number of hydrogen-bond acceptors (Lipinski definition) is 3. The minimum absolute atomic E-state index is 0.330. The second kappa shape index (κ2) is 9.00. The highest BCUT2D eigenvalue weighted by Gasteiger charge is 2.63. The van der Waals surface area contributed by atoms with Crippen LogP contribution < -0.4 is 5.30 Å². The van der Waals surface area contributed by atoms with Crippen molar-refractivity contribution in [1.82, 2.24) is 0 Å². The summed E-state index contributed by atoms with van der Waals surface area (Å²) in [6.45, 7) is 4.37. The molecule has 0 spiro atoms. The van der Waals surface area contributed by atoms with Crippen molar-refractivity contribution < 1.29 is 13.6 Å². The van der Waals surface area contributed by atoms with E-state index in [1.54, 1.807) is 5.82 Å². The summed E-state index contributed by atoms with van der Waals surface area (Å²) >= 11 is 0. The van der Waals surface area contributed by atoms with Gasteiger partial charge in [-0.15, -0.1) is 0 Å². The summed E-state index contributed by atoms with van der Waals surface area (Å²) < 4.78 is 24.8. The Labute approximate surface area is 180 Å². The molecule has 4 rings (SSSR count). The maximum absolute atomic E-state index is 13.5. The van der Waals surface area contributed by atoms with Crippen LogP contribution in [0.3, 0.4) is 0 Å². The first-order valence-electron chi connectivity index (χ1n) is 10.2. The van der Waals surface area contributed by atoms with Gasteiger partial charge in [-0.25, -0.2) is 0 Å². The molecule has 3 aromatic carbocycles. The second-order valence-corrected chi connectivity index (χ2v) is 11.2. The van der Waals surface area contributed by atoms with E-state index < -0.39 is 15.5 Å². The molecule has 0 N–H and O–H groups in total. The fourth-order valence-electron chi connectivity index (χ4n) is 4.03. The van der Waals surface area contributed by atoms with Crippen molar-refractivity contribution in [3.63, 3.8) is 0 Å². The Balaban J connectivity index is 1.96. The molecule has 0 aromatic heterocycles. The molecule has 1 aliphatic heterocycles. The molecule has 0 aliphatic carbocycles. The lowest BCUT2D eigenvalue weighted by molar-refractivity contribution is 0.229. The van der Waals surface area contributed by atoms with Gasteiger partial charge >= 0.3 is 7.60 Å². The van der Waals surface area contributed by atoms with Crippen LogP contribution in [0.25, 0.3) is 0 Å². The summed E-state index contributed by atoms with van der Waals surface area (Å²) in [6, 6.07) is 31.5. The first-order valence-corrected chi connectivity index (χ1v) is 13.2. The zero-order valence-corrected chi connectivity index (χ0v) is 19.1. The lowest BCUT2D eigenvalue weighted by Crippen LogP contribution is -2.11. The topological polar surface area (TPSA) is 35.5 Å². The maximum atomic E-state index is 13.5. The number of benzene rings is 3. The molecular formula is C25H26O3P2. The zero-order valence-electron chi connectivity index (χ0n) is 17.3. The summed E-state index contributed by atoms with van der Waals surface area (Å²) in [5.74, 6) is 1.80. The fraction of sp³-hybridized carbons (Fsp3) is 0.200. The van der Waals surface area contributed by atoms with Crippen molar-refractivity contribution in [2.75, 3.05) is 13.2 Å². The highest BCUT2D eigenvalue weighted by molar-refractivity contribution is 7.80. The van der Waals surface area contributed by atoms with Gasteiger partial charge in [-0.3, -0.25) is 4.57 Å². The van der Waals surface area contributed by atoms with Gasteiger partial charge in [-0.2, -0.15) is 0 Å². The van der Waals surface area contributed by atoms with E-state index >= 15 is 0 Å². The molecule has 1 aliphatic rings. The van der Waals surface area contributed by atoms with Gasteiger partial charge in [0.1, 0.15) is 0 Å². The third kappa shape index (κ3) is 3.84. The first-order chi connectivity index (χ1) is 14.7. The summed E-state index contributed by atoms with van der Waals surface area (Å²) in [6.07, 6.45) is 0. The van der Waals surface area contributed by atoms with Crippen molar-refractivity contribution in [3.05, 3.63) is 113 Å². The molecule has 0 amide bonds. The molecule has 0 bridgehead atoms. The van der Waals surface area contributed by atoms with Crippen molar-refractivity contribution in [1.29, 1.82) is 0 Å². The maximum Gasteiger partial charge on any atom is 0.354 e. The average molecular weight is 436 g/mol. The van der Waals surface area contributed by atoms with Crippen LogP contribution in [0, 0.1) is 0 Å². The minimum Gasteiger partial charge on any atom is -0.306 e. The highest BCUT2D eigenvalue weighted by atomic mass is 31.2. The van der Waals surface area contributed by atoms with Gasteiger partial charge in [0.2, 0.25) is 0 Å². The summed E-state index contributed by atoms with van der Waals surface area (Å²) in [4.78, 5) is 0. The van der Waals surface area contributed by atoms with Crippen LogP contribution in [0.15, 0.2) is 102 Å². The van der Waals surface area contributed by atoms with Gasteiger partial charge in [0.15, 0.2) is 0 Å². The molecule has 1 saturated heterocycles. The van der Waals surface area contributed by atoms with Crippen molar-refractivity contribution >= 4 is 20.8 Å². The van der Waals surface area contributed by atoms with Gasteiger partial charge < -0.3 is 9.05 Å². The van der Waals surface area contributed by atoms with E-state index in [0.29, 0.717) is 13.2 Å². The first kappa shape index (κ1) is 21.2. The molecule has 1 fully saturated rings. The predicted octanol–water partition coefficient (Wildman–Crippen LogP) is 6.86. The Hall–Kier alpha value is -2.02. The van der Waals surface area contributed by atoms with Gasteiger partial charge in [0.25, 0.3) is 0 Å². The lowest BCUT2D eigenvalue weighted by atomic mass is 9.91. The number of allylic oxidation sites excluding steroid dienone is 1. The average Bonchev–Trinajstić information content (AvgIpc) is 3.44. The van der Waals surface area contributed by atoms with Crippen molar-refractivity contribution in [2.24, 2.45) is 0 Å². The van der Waals surface area contributed by atoms with Crippen molar-refractivity contribution in [2.45, 2.75) is 19.0 Å². The molecule has 3 nitrogen and oxygen atoms in total. The van der Waals surface area contributed by atoms with Crippen molar-refractivity contribution in [3.8, 4) is 0 Å². The van der Waals surface area contributed by atoms with E-state index in [0.717, 1.165) is 5.31 Å². The van der Waals surface area contributed by atoms with E-state index in [1.807, 2.05) is 32.0 Å². The number of hydrogen-bond donors (Lipinski definition) is 0. The van der Waals surface area contributed by atoms with Crippen LogP contribution in [0.2, 0.25) is 0 Å². The molecule has 154 valence electrons. The van der Waals surface area contributed by atoms with Gasteiger partial charge in [0, 0.05) is 5.82 Å². The smallest absolute Gasteiger partial charge is 0.306 e. The molecule has 0 saturated carbocycles. The number of rotatable bonds is 8. The predicted molar refractivity (Wildman–Crippen MR) is 126 cm³/mol. The molecule has 5 heteroatoms. The largest absolute Gasteiger partial charge is 0.354 e. The second-order valence-electron chi connectivity index (χ2n) is 7.00. The Morgan fingerprint density at radius 2 is 1.20 bits per heavy atom. The monoisotopic (exact) mass is 436 g/mol. The Bertz CT molecular complexity index is 1000. The van der Waals surface area contributed by atoms with Crippen LogP contribution in [-0.4, -0.2) is 13.2 Å². The van der Waals surface area contributed by atoms with Crippen LogP contribution in [-0.2, 0) is 18.8 Å². The minimum atomic E-state index is -3.34. The highest BCUT2D eigenvalue weighted by Crippen LogP contribution is 2.87. The lowest BCUT2D eigenvalue weighted by Gasteiger charge is -2.18. The van der Waals surface area contributed by atoms with Crippen LogP contribution in [0.5, 0.6) is 0 Å².